The van der Waals surface area contributed by atoms with Gasteiger partial charge in [0.15, 0.2) is 0 Å². The topological polar surface area (TPSA) is 62.8 Å². The first-order valence-corrected chi connectivity index (χ1v) is 5.12. The maximum atomic E-state index is 13.9. The van der Waals surface area contributed by atoms with Gasteiger partial charge < -0.3 is 10.1 Å². The molecule has 2 N–H and O–H groups in total. The average Bonchev–Trinajstić information content (AvgIpc) is 2.85. The van der Waals surface area contributed by atoms with Crippen LogP contribution in [0.1, 0.15) is 17.4 Å². The van der Waals surface area contributed by atoms with Gasteiger partial charge in [0.25, 0.3) is 0 Å². The minimum atomic E-state index is -0.358. The fraction of sp³-hybridized carbons (Fsp3) is 0.273. The van der Waals surface area contributed by atoms with Crippen molar-refractivity contribution in [3.05, 3.63) is 41.7 Å². The number of H-pyrrole nitrogens is 1. The van der Waals surface area contributed by atoms with Crippen molar-refractivity contribution in [2.45, 2.75) is 6.04 Å². The molecule has 0 fully saturated rings. The number of halogens is 1. The normalized spacial score (nSPS) is 12.4. The van der Waals surface area contributed by atoms with Crippen molar-refractivity contribution in [3.63, 3.8) is 0 Å². The lowest BCUT2D eigenvalue weighted by atomic mass is 10.1. The van der Waals surface area contributed by atoms with Gasteiger partial charge in [-0.25, -0.2) is 9.37 Å². The molecule has 0 bridgehead atoms. The van der Waals surface area contributed by atoms with Gasteiger partial charge in [0.2, 0.25) is 0 Å². The predicted octanol–water partition coefficient (Wildman–Crippen LogP) is 1.26. The smallest absolute Gasteiger partial charge is 0.146 e. The minimum absolute atomic E-state index is 0.347. The summed E-state index contributed by atoms with van der Waals surface area (Å²) < 4.78 is 18.8. The van der Waals surface area contributed by atoms with Crippen LogP contribution in [0.5, 0.6) is 5.75 Å². The van der Waals surface area contributed by atoms with E-state index >= 15 is 0 Å². The Morgan fingerprint density at radius 3 is 2.82 bits per heavy atom. The van der Waals surface area contributed by atoms with E-state index in [-0.39, 0.29) is 11.9 Å². The zero-order chi connectivity index (χ0) is 12.3. The van der Waals surface area contributed by atoms with E-state index in [0.29, 0.717) is 17.1 Å². The standard InChI is InChI=1S/C11H13FN4O/c1-13-10(11-14-6-15-16-11)8-4-3-7(17-2)5-9(8)12/h3-6,10,13H,1-2H3,(H,14,15,16). The molecular weight excluding hydrogens is 223 g/mol. The third-order valence-electron chi connectivity index (χ3n) is 2.51. The molecule has 0 amide bonds. The molecule has 0 saturated carbocycles. The molecule has 0 saturated heterocycles. The number of aromatic amines is 1. The highest BCUT2D eigenvalue weighted by Crippen LogP contribution is 2.24. The molecule has 1 atom stereocenters. The van der Waals surface area contributed by atoms with Crippen molar-refractivity contribution >= 4 is 0 Å². The molecule has 6 heteroatoms. The van der Waals surface area contributed by atoms with E-state index in [2.05, 4.69) is 20.5 Å². The lowest BCUT2D eigenvalue weighted by Gasteiger charge is -2.15. The highest BCUT2D eigenvalue weighted by Gasteiger charge is 2.18. The van der Waals surface area contributed by atoms with E-state index in [4.69, 9.17) is 4.74 Å². The molecule has 1 aromatic heterocycles. The summed E-state index contributed by atoms with van der Waals surface area (Å²) in [6.07, 6.45) is 1.39. The zero-order valence-corrected chi connectivity index (χ0v) is 9.57. The SMILES string of the molecule is CNC(c1ncn[nH]1)c1ccc(OC)cc1F. The monoisotopic (exact) mass is 236 g/mol. The van der Waals surface area contributed by atoms with Crippen LogP contribution >= 0.6 is 0 Å². The Kier molecular flexibility index (Phi) is 3.34. The van der Waals surface area contributed by atoms with Crippen LogP contribution in [0.25, 0.3) is 0 Å². The van der Waals surface area contributed by atoms with Gasteiger partial charge in [-0.05, 0) is 13.1 Å². The number of hydrogen-bond donors (Lipinski definition) is 2. The highest BCUT2D eigenvalue weighted by atomic mass is 19.1. The molecule has 17 heavy (non-hydrogen) atoms. The van der Waals surface area contributed by atoms with Crippen LogP contribution < -0.4 is 10.1 Å². The van der Waals surface area contributed by atoms with Crippen LogP contribution in [0.2, 0.25) is 0 Å². The van der Waals surface area contributed by atoms with E-state index in [9.17, 15) is 4.39 Å². The van der Waals surface area contributed by atoms with Crippen LogP contribution in [0.15, 0.2) is 24.5 Å². The van der Waals surface area contributed by atoms with Gasteiger partial charge in [-0.3, -0.25) is 5.10 Å². The fourth-order valence-electron chi connectivity index (χ4n) is 1.66. The summed E-state index contributed by atoms with van der Waals surface area (Å²) in [6, 6.07) is 4.36. The third-order valence-corrected chi connectivity index (χ3v) is 2.51. The van der Waals surface area contributed by atoms with Crippen LogP contribution in [0, 0.1) is 5.82 Å². The van der Waals surface area contributed by atoms with Gasteiger partial charge in [0, 0.05) is 11.6 Å². The molecule has 5 nitrogen and oxygen atoms in total. The Balaban J connectivity index is 2.38. The summed E-state index contributed by atoms with van der Waals surface area (Å²) in [5.41, 5.74) is 0.491. The summed E-state index contributed by atoms with van der Waals surface area (Å²) in [7, 11) is 3.23. The highest BCUT2D eigenvalue weighted by molar-refractivity contribution is 5.33. The maximum absolute atomic E-state index is 13.9. The minimum Gasteiger partial charge on any atom is -0.497 e. The first kappa shape index (κ1) is 11.5. The molecular formula is C11H13FN4O. The Bertz CT molecular complexity index is 486. The van der Waals surface area contributed by atoms with Gasteiger partial charge in [-0.15, -0.1) is 0 Å². The fourth-order valence-corrected chi connectivity index (χ4v) is 1.66. The van der Waals surface area contributed by atoms with Crippen molar-refractivity contribution in [1.82, 2.24) is 20.5 Å². The second-order valence-corrected chi connectivity index (χ2v) is 3.48. The number of methoxy groups -OCH3 is 1. The van der Waals surface area contributed by atoms with E-state index in [1.807, 2.05) is 0 Å². The van der Waals surface area contributed by atoms with E-state index < -0.39 is 0 Å². The van der Waals surface area contributed by atoms with Gasteiger partial charge >= 0.3 is 0 Å². The molecule has 90 valence electrons. The number of nitrogens with one attached hydrogen (secondary N) is 2. The van der Waals surface area contributed by atoms with Gasteiger partial charge in [0.1, 0.15) is 23.7 Å². The van der Waals surface area contributed by atoms with E-state index in [1.165, 1.54) is 19.5 Å². The van der Waals surface area contributed by atoms with Crippen molar-refractivity contribution in [2.75, 3.05) is 14.2 Å². The van der Waals surface area contributed by atoms with Crippen LogP contribution in [-0.2, 0) is 0 Å². The number of rotatable bonds is 4. The molecule has 0 aliphatic heterocycles. The van der Waals surface area contributed by atoms with E-state index in [1.54, 1.807) is 19.2 Å². The lowest BCUT2D eigenvalue weighted by Crippen LogP contribution is -2.20. The number of hydrogen-bond acceptors (Lipinski definition) is 4. The second kappa shape index (κ2) is 4.92. The number of nitrogens with zero attached hydrogens (tertiary/aromatic N) is 2. The average molecular weight is 236 g/mol. The molecule has 2 aromatic rings. The molecule has 2 rings (SSSR count). The molecule has 1 heterocycles. The van der Waals surface area contributed by atoms with Crippen molar-refractivity contribution < 1.29 is 9.13 Å². The number of aromatic nitrogens is 3. The van der Waals surface area contributed by atoms with Gasteiger partial charge in [0.05, 0.1) is 13.2 Å². The van der Waals surface area contributed by atoms with Crippen LogP contribution in [-0.4, -0.2) is 29.3 Å². The summed E-state index contributed by atoms with van der Waals surface area (Å²) in [5.74, 6) is 0.704. The van der Waals surface area contributed by atoms with Crippen LogP contribution in [0.4, 0.5) is 4.39 Å². The quantitative estimate of drug-likeness (QED) is 0.839. The second-order valence-electron chi connectivity index (χ2n) is 3.48. The molecule has 1 unspecified atom stereocenters. The zero-order valence-electron chi connectivity index (χ0n) is 9.57. The van der Waals surface area contributed by atoms with Crippen molar-refractivity contribution in [1.29, 1.82) is 0 Å². The van der Waals surface area contributed by atoms with Gasteiger partial charge in [-0.2, -0.15) is 5.10 Å². The Morgan fingerprint density at radius 1 is 1.47 bits per heavy atom. The third kappa shape index (κ3) is 2.26. The first-order valence-electron chi connectivity index (χ1n) is 5.12. The summed E-state index contributed by atoms with van der Waals surface area (Å²) in [5, 5.41) is 9.46. The largest absolute Gasteiger partial charge is 0.497 e. The summed E-state index contributed by atoms with van der Waals surface area (Å²) in [4.78, 5) is 4.02. The first-order chi connectivity index (χ1) is 8.26. The van der Waals surface area contributed by atoms with Crippen molar-refractivity contribution in [3.8, 4) is 5.75 Å². The molecule has 0 spiro atoms. The Hall–Kier alpha value is -1.95. The molecule has 0 aliphatic rings. The number of ether oxygens (including phenoxy) is 1. The van der Waals surface area contributed by atoms with Crippen molar-refractivity contribution in [2.24, 2.45) is 0 Å². The molecule has 0 radical (unpaired) electrons. The molecule has 0 aliphatic carbocycles. The molecule has 1 aromatic carbocycles. The Labute approximate surface area is 98.0 Å². The number of benzene rings is 1. The van der Waals surface area contributed by atoms with E-state index in [0.717, 1.165) is 0 Å². The summed E-state index contributed by atoms with van der Waals surface area (Å²) >= 11 is 0. The predicted molar refractivity (Wildman–Crippen MR) is 60.2 cm³/mol. The maximum Gasteiger partial charge on any atom is 0.146 e. The summed E-state index contributed by atoms with van der Waals surface area (Å²) in [6.45, 7) is 0. The van der Waals surface area contributed by atoms with Crippen LogP contribution in [0.3, 0.4) is 0 Å². The van der Waals surface area contributed by atoms with Gasteiger partial charge in [-0.1, -0.05) is 6.07 Å². The Morgan fingerprint density at radius 2 is 2.29 bits per heavy atom. The lowest BCUT2D eigenvalue weighted by molar-refractivity contribution is 0.410.